The van der Waals surface area contributed by atoms with E-state index in [0.717, 1.165) is 61.9 Å². The molecular formula is C39H47FN4O6. The summed E-state index contributed by atoms with van der Waals surface area (Å²) in [6.45, 7) is 0.881. The van der Waals surface area contributed by atoms with Gasteiger partial charge in [-0.05, 0) is 98.8 Å². The number of carbonyl (C=O) groups is 2. The van der Waals surface area contributed by atoms with Gasteiger partial charge in [-0.3, -0.25) is 14.3 Å². The fourth-order valence-electron chi connectivity index (χ4n) is 6.96. The van der Waals surface area contributed by atoms with Gasteiger partial charge in [0.15, 0.2) is 5.92 Å². The van der Waals surface area contributed by atoms with Gasteiger partial charge in [0.05, 0.1) is 12.1 Å². The molecule has 1 fully saturated rings. The second kappa shape index (κ2) is 17.9. The normalized spacial score (nSPS) is 19.4. The van der Waals surface area contributed by atoms with Crippen LogP contribution in [0.1, 0.15) is 93.0 Å². The molecule has 50 heavy (non-hydrogen) atoms. The molecule has 10 nitrogen and oxygen atoms in total. The fraction of sp³-hybridized carbons (Fsp3) is 0.436. The summed E-state index contributed by atoms with van der Waals surface area (Å²) in [6, 6.07) is 13.6. The van der Waals surface area contributed by atoms with Gasteiger partial charge in [-0.1, -0.05) is 67.0 Å². The van der Waals surface area contributed by atoms with Crippen LogP contribution in [0.2, 0.25) is 0 Å². The molecule has 2 aromatic carbocycles. The lowest BCUT2D eigenvalue weighted by Crippen LogP contribution is -2.57. The first kappa shape index (κ1) is 36.7. The number of carboxylic acids is 2. The van der Waals surface area contributed by atoms with Gasteiger partial charge in [-0.25, -0.2) is 9.37 Å². The summed E-state index contributed by atoms with van der Waals surface area (Å²) in [7, 11) is 0. The SMILES string of the molecule is O=C(O)C(CCCc1ccc(C2C(CCC(O)c3ccc(F)cc3)C(O)N2C2=CC=C(CCCCCCn3cncn3)CC=C2)cc1)C(=O)O. The van der Waals surface area contributed by atoms with Gasteiger partial charge in [0, 0.05) is 18.2 Å². The van der Waals surface area contributed by atoms with Crippen molar-refractivity contribution in [2.75, 3.05) is 0 Å². The molecule has 5 rings (SSSR count). The zero-order valence-electron chi connectivity index (χ0n) is 28.2. The Balaban J connectivity index is 1.24. The first-order valence-electron chi connectivity index (χ1n) is 17.5. The minimum atomic E-state index is -1.42. The number of likely N-dealkylation sites (tertiary alicyclic amines) is 1. The summed E-state index contributed by atoms with van der Waals surface area (Å²) >= 11 is 0. The number of aromatic nitrogens is 3. The molecule has 2 heterocycles. The van der Waals surface area contributed by atoms with Crippen LogP contribution in [0, 0.1) is 17.7 Å². The number of aliphatic carboxylic acids is 2. The van der Waals surface area contributed by atoms with E-state index in [-0.39, 0.29) is 24.2 Å². The minimum Gasteiger partial charge on any atom is -0.481 e. The lowest BCUT2D eigenvalue weighted by atomic mass is 9.77. The largest absolute Gasteiger partial charge is 0.481 e. The summed E-state index contributed by atoms with van der Waals surface area (Å²) in [5.41, 5.74) is 4.86. The number of hydrogen-bond donors (Lipinski definition) is 4. The maximum Gasteiger partial charge on any atom is 0.317 e. The third kappa shape index (κ3) is 9.76. The smallest absolute Gasteiger partial charge is 0.317 e. The maximum absolute atomic E-state index is 13.5. The van der Waals surface area contributed by atoms with Crippen LogP contribution in [0.25, 0.3) is 0 Å². The van der Waals surface area contributed by atoms with Crippen molar-refractivity contribution in [2.24, 2.45) is 11.8 Å². The number of allylic oxidation sites excluding steroid dienone is 5. The van der Waals surface area contributed by atoms with Crippen LogP contribution in [0.5, 0.6) is 0 Å². The molecule has 11 heteroatoms. The summed E-state index contributed by atoms with van der Waals surface area (Å²) < 4.78 is 15.3. The van der Waals surface area contributed by atoms with Crippen molar-refractivity contribution in [3.63, 3.8) is 0 Å². The number of aliphatic hydroxyl groups excluding tert-OH is 2. The van der Waals surface area contributed by atoms with E-state index in [4.69, 9.17) is 0 Å². The van der Waals surface area contributed by atoms with Crippen molar-refractivity contribution in [1.82, 2.24) is 19.7 Å². The van der Waals surface area contributed by atoms with E-state index in [1.165, 1.54) is 17.7 Å². The predicted molar refractivity (Wildman–Crippen MR) is 186 cm³/mol. The Bertz CT molecular complexity index is 1620. The number of rotatable bonds is 19. The van der Waals surface area contributed by atoms with Crippen LogP contribution >= 0.6 is 0 Å². The number of aryl methyl sites for hydroxylation is 2. The molecule has 2 aliphatic rings. The number of aliphatic hydroxyl groups is 2. The Morgan fingerprint density at radius 2 is 1.64 bits per heavy atom. The van der Waals surface area contributed by atoms with Crippen LogP contribution in [0.15, 0.2) is 96.8 Å². The van der Waals surface area contributed by atoms with Crippen molar-refractivity contribution in [3.05, 3.63) is 119 Å². The standard InChI is InChI=1S/C39H47FN4O6/c40-31-19-17-29(18-20-31)35(45)23-22-33-36(30-15-12-28(13-16-30)9-6-11-34(38(47)48)39(49)50)44(37(33)46)32-10-5-8-27(14-21-32)7-3-1-2-4-24-43-26-41-25-42-43/h5,10,12-21,25-26,33-37,45-46H,1-4,6-9,11,22-24H2,(H,47,48)(H,49,50). The highest BCUT2D eigenvalue weighted by Gasteiger charge is 2.48. The highest BCUT2D eigenvalue weighted by Crippen LogP contribution is 2.49. The lowest BCUT2D eigenvalue weighted by Gasteiger charge is -2.55. The zero-order valence-corrected chi connectivity index (χ0v) is 28.2. The number of benzene rings is 2. The Kier molecular flexibility index (Phi) is 13.1. The average molecular weight is 687 g/mol. The first-order chi connectivity index (χ1) is 24.2. The molecule has 0 saturated carbocycles. The highest BCUT2D eigenvalue weighted by molar-refractivity contribution is 5.92. The molecule has 4 atom stereocenters. The third-order valence-corrected chi connectivity index (χ3v) is 9.84. The maximum atomic E-state index is 13.5. The van der Waals surface area contributed by atoms with E-state index in [2.05, 4.69) is 34.4 Å². The van der Waals surface area contributed by atoms with E-state index in [1.54, 1.807) is 24.8 Å². The molecule has 0 amide bonds. The molecule has 4 unspecified atom stereocenters. The van der Waals surface area contributed by atoms with Crippen LogP contribution in [-0.2, 0) is 22.6 Å². The van der Waals surface area contributed by atoms with Crippen molar-refractivity contribution >= 4 is 11.9 Å². The molecular weight excluding hydrogens is 639 g/mol. The number of halogens is 1. The second-order valence-electron chi connectivity index (χ2n) is 13.3. The highest BCUT2D eigenvalue weighted by atomic mass is 19.1. The number of unbranched alkanes of at least 4 members (excludes halogenated alkanes) is 3. The molecule has 1 aliphatic carbocycles. The quantitative estimate of drug-likeness (QED) is 0.0794. The van der Waals surface area contributed by atoms with Gasteiger partial charge in [0.2, 0.25) is 0 Å². The molecule has 1 saturated heterocycles. The molecule has 0 radical (unpaired) electrons. The van der Waals surface area contributed by atoms with E-state index in [9.17, 15) is 34.4 Å². The van der Waals surface area contributed by atoms with E-state index in [0.29, 0.717) is 31.2 Å². The monoisotopic (exact) mass is 686 g/mol. The van der Waals surface area contributed by atoms with Crippen LogP contribution in [0.4, 0.5) is 4.39 Å². The number of hydrogen-bond acceptors (Lipinski definition) is 7. The first-order valence-corrected chi connectivity index (χ1v) is 17.5. The van der Waals surface area contributed by atoms with Gasteiger partial charge in [0.25, 0.3) is 0 Å². The molecule has 3 aromatic rings. The lowest BCUT2D eigenvalue weighted by molar-refractivity contribution is -0.160. The summed E-state index contributed by atoms with van der Waals surface area (Å²) in [5.74, 6) is -4.60. The van der Waals surface area contributed by atoms with Crippen LogP contribution < -0.4 is 0 Å². The van der Waals surface area contributed by atoms with Crippen molar-refractivity contribution in [3.8, 4) is 0 Å². The average Bonchev–Trinajstić information content (AvgIpc) is 3.52. The number of nitrogens with zero attached hydrogens (tertiary/aromatic N) is 4. The van der Waals surface area contributed by atoms with Crippen molar-refractivity contribution < 1.29 is 34.4 Å². The summed E-state index contributed by atoms with van der Waals surface area (Å²) in [4.78, 5) is 28.5. The summed E-state index contributed by atoms with van der Waals surface area (Å²) in [6.07, 6.45) is 18.5. The topological polar surface area (TPSA) is 149 Å². The third-order valence-electron chi connectivity index (χ3n) is 9.84. The van der Waals surface area contributed by atoms with Gasteiger partial charge < -0.3 is 25.3 Å². The number of carboxylic acid groups (broad SMARTS) is 2. The Hall–Kier alpha value is -4.61. The molecule has 4 N–H and O–H groups in total. The van der Waals surface area contributed by atoms with Gasteiger partial charge in [0.1, 0.15) is 24.7 Å². The van der Waals surface area contributed by atoms with E-state index in [1.807, 2.05) is 33.8 Å². The molecule has 266 valence electrons. The van der Waals surface area contributed by atoms with E-state index < -0.39 is 30.2 Å². The molecule has 1 aromatic heterocycles. The fourth-order valence-corrected chi connectivity index (χ4v) is 6.96. The summed E-state index contributed by atoms with van der Waals surface area (Å²) in [5, 5.41) is 44.9. The molecule has 0 spiro atoms. The van der Waals surface area contributed by atoms with Crippen LogP contribution in [-0.4, -0.2) is 58.3 Å². The van der Waals surface area contributed by atoms with Crippen molar-refractivity contribution in [2.45, 2.75) is 95.5 Å². The Morgan fingerprint density at radius 3 is 2.34 bits per heavy atom. The molecule has 1 aliphatic heterocycles. The Labute approximate surface area is 292 Å². The van der Waals surface area contributed by atoms with Gasteiger partial charge in [-0.2, -0.15) is 5.10 Å². The van der Waals surface area contributed by atoms with E-state index >= 15 is 0 Å². The van der Waals surface area contributed by atoms with Gasteiger partial charge in [-0.15, -0.1) is 0 Å². The second-order valence-corrected chi connectivity index (χ2v) is 13.3. The zero-order chi connectivity index (χ0) is 35.5. The Morgan fingerprint density at radius 1 is 0.900 bits per heavy atom. The minimum absolute atomic E-state index is 0.0491. The van der Waals surface area contributed by atoms with Crippen molar-refractivity contribution in [1.29, 1.82) is 0 Å². The van der Waals surface area contributed by atoms with Gasteiger partial charge >= 0.3 is 11.9 Å². The molecule has 0 bridgehead atoms. The van der Waals surface area contributed by atoms with Crippen LogP contribution in [0.3, 0.4) is 0 Å². The predicted octanol–water partition coefficient (Wildman–Crippen LogP) is 6.75.